The quantitative estimate of drug-likeness (QED) is 0.472. The van der Waals surface area contributed by atoms with Gasteiger partial charge in [0, 0.05) is 28.7 Å². The van der Waals surface area contributed by atoms with Crippen LogP contribution in [0.15, 0.2) is 53.4 Å². The van der Waals surface area contributed by atoms with Gasteiger partial charge in [0.15, 0.2) is 0 Å². The molecule has 0 atom stereocenters. The number of carbonyl (C=O) groups is 1. The third-order valence-corrected chi connectivity index (χ3v) is 8.09. The first-order chi connectivity index (χ1) is 16.5. The summed E-state index contributed by atoms with van der Waals surface area (Å²) >= 11 is 0. The summed E-state index contributed by atoms with van der Waals surface area (Å²) in [4.78, 5) is 18.0. The number of nitrogens with one attached hydrogen (secondary N) is 1. The number of hydrogen-bond acceptors (Lipinski definition) is 6. The molecule has 1 fully saturated rings. The maximum absolute atomic E-state index is 13.5. The third-order valence-electron chi connectivity index (χ3n) is 6.70. The molecule has 186 valence electrons. The number of hydrogen-bond donors (Lipinski definition) is 1. The van der Waals surface area contributed by atoms with Crippen LogP contribution < -0.4 is 9.46 Å². The fraction of sp³-hybridized carbons (Fsp3) is 0.407. The van der Waals surface area contributed by atoms with Crippen LogP contribution >= 0.6 is 0 Å². The lowest BCUT2D eigenvalue weighted by Gasteiger charge is -2.27. The predicted molar refractivity (Wildman–Crippen MR) is 135 cm³/mol. The summed E-state index contributed by atoms with van der Waals surface area (Å²) in [6.45, 7) is 9.09. The molecule has 35 heavy (non-hydrogen) atoms. The van der Waals surface area contributed by atoms with Gasteiger partial charge in [-0.3, -0.25) is 9.78 Å². The van der Waals surface area contributed by atoms with Crippen molar-refractivity contribution in [3.8, 4) is 5.75 Å². The van der Waals surface area contributed by atoms with Gasteiger partial charge in [-0.05, 0) is 62.6 Å². The van der Waals surface area contributed by atoms with Gasteiger partial charge < -0.3 is 9.47 Å². The second-order valence-electron chi connectivity index (χ2n) is 9.73. The molecule has 1 saturated carbocycles. The minimum atomic E-state index is -4.12. The Morgan fingerprint density at radius 2 is 1.89 bits per heavy atom. The number of carbonyl (C=O) groups excluding carboxylic acids is 1. The fourth-order valence-electron chi connectivity index (χ4n) is 4.42. The van der Waals surface area contributed by atoms with E-state index in [1.165, 1.54) is 6.07 Å². The summed E-state index contributed by atoms with van der Waals surface area (Å²) in [5.74, 6) is 0.0171. The third kappa shape index (κ3) is 4.77. The number of amides is 1. The summed E-state index contributed by atoms with van der Waals surface area (Å²) in [6, 6.07) is 14.1. The van der Waals surface area contributed by atoms with Gasteiger partial charge in [0.1, 0.15) is 5.75 Å². The number of rotatable bonds is 9. The number of pyridine rings is 1. The molecule has 7 nitrogen and oxygen atoms in total. The fourth-order valence-corrected chi connectivity index (χ4v) is 5.69. The first-order valence-corrected chi connectivity index (χ1v) is 13.2. The largest absolute Gasteiger partial charge is 0.496 e. The molecular weight excluding hydrogens is 464 g/mol. The molecule has 1 amide bonds. The van der Waals surface area contributed by atoms with Crippen LogP contribution in [0.3, 0.4) is 0 Å². The average Bonchev–Trinajstić information content (AvgIpc) is 3.63. The highest BCUT2D eigenvalue weighted by Gasteiger charge is 2.54. The van der Waals surface area contributed by atoms with E-state index in [0.29, 0.717) is 48.3 Å². The van der Waals surface area contributed by atoms with Gasteiger partial charge in [-0.25, -0.2) is 13.1 Å². The van der Waals surface area contributed by atoms with E-state index in [1.54, 1.807) is 31.4 Å². The van der Waals surface area contributed by atoms with E-state index in [2.05, 4.69) is 23.6 Å². The summed E-state index contributed by atoms with van der Waals surface area (Å²) in [6.07, 6.45) is 1.08. The van der Waals surface area contributed by atoms with Crippen molar-refractivity contribution in [3.05, 3.63) is 65.4 Å². The molecule has 1 heterocycles. The minimum absolute atomic E-state index is 0.0326. The van der Waals surface area contributed by atoms with Crippen LogP contribution in [0.5, 0.6) is 5.75 Å². The Kier molecular flexibility index (Phi) is 6.64. The van der Waals surface area contributed by atoms with Gasteiger partial charge in [-0.15, -0.1) is 0 Å². The first-order valence-electron chi connectivity index (χ1n) is 11.7. The number of ether oxygens (including phenoxy) is 2. The maximum atomic E-state index is 13.5. The molecule has 2 aromatic carbocycles. The van der Waals surface area contributed by atoms with Crippen LogP contribution in [0.25, 0.3) is 10.9 Å². The summed E-state index contributed by atoms with van der Waals surface area (Å²) in [7, 11) is -2.57. The molecule has 0 aliphatic heterocycles. The van der Waals surface area contributed by atoms with E-state index in [-0.39, 0.29) is 10.3 Å². The van der Waals surface area contributed by atoms with E-state index in [9.17, 15) is 13.2 Å². The summed E-state index contributed by atoms with van der Waals surface area (Å²) in [5.41, 5.74) is 1.79. The van der Waals surface area contributed by atoms with Crippen molar-refractivity contribution in [2.45, 2.75) is 56.3 Å². The van der Waals surface area contributed by atoms with Crippen LogP contribution in [-0.4, -0.2) is 39.6 Å². The van der Waals surface area contributed by atoms with Gasteiger partial charge in [-0.1, -0.05) is 32.0 Å². The number of methoxy groups -OCH3 is 1. The van der Waals surface area contributed by atoms with Crippen molar-refractivity contribution >= 4 is 26.8 Å². The molecule has 4 rings (SSSR count). The van der Waals surface area contributed by atoms with E-state index >= 15 is 0 Å². The monoisotopic (exact) mass is 496 g/mol. The number of benzene rings is 2. The second kappa shape index (κ2) is 9.24. The zero-order valence-electron chi connectivity index (χ0n) is 20.8. The van der Waals surface area contributed by atoms with Crippen molar-refractivity contribution in [2.24, 2.45) is 0 Å². The minimum Gasteiger partial charge on any atom is -0.496 e. The summed E-state index contributed by atoms with van der Waals surface area (Å²) < 4.78 is 40.3. The highest BCUT2D eigenvalue weighted by Crippen LogP contribution is 2.52. The van der Waals surface area contributed by atoms with Crippen LogP contribution in [0.1, 0.15) is 50.4 Å². The predicted octanol–water partition coefficient (Wildman–Crippen LogP) is 4.40. The first kappa shape index (κ1) is 25.1. The van der Waals surface area contributed by atoms with E-state index in [0.717, 1.165) is 11.3 Å². The Morgan fingerprint density at radius 1 is 1.14 bits per heavy atom. The molecule has 0 radical (unpaired) electrons. The Balaban J connectivity index is 1.69. The lowest BCUT2D eigenvalue weighted by atomic mass is 9.82. The number of aromatic nitrogens is 1. The molecule has 0 spiro atoms. The molecule has 0 saturated heterocycles. The van der Waals surface area contributed by atoms with Crippen LogP contribution in [0.2, 0.25) is 0 Å². The van der Waals surface area contributed by atoms with Crippen molar-refractivity contribution in [2.75, 3.05) is 20.3 Å². The van der Waals surface area contributed by atoms with Crippen LogP contribution in [0.4, 0.5) is 0 Å². The number of sulfonamides is 1. The second-order valence-corrected chi connectivity index (χ2v) is 11.4. The van der Waals surface area contributed by atoms with Crippen molar-refractivity contribution < 1.29 is 22.7 Å². The smallest absolute Gasteiger partial charge is 0.264 e. The molecule has 0 bridgehead atoms. The molecule has 1 aromatic heterocycles. The number of nitrogens with zero attached hydrogens (tertiary/aromatic N) is 1. The molecule has 8 heteroatoms. The van der Waals surface area contributed by atoms with Gasteiger partial charge in [-0.2, -0.15) is 0 Å². The van der Waals surface area contributed by atoms with Gasteiger partial charge in [0.05, 0.1) is 29.5 Å². The van der Waals surface area contributed by atoms with Crippen LogP contribution in [-0.2, 0) is 30.4 Å². The van der Waals surface area contributed by atoms with Crippen molar-refractivity contribution in [1.82, 2.24) is 9.71 Å². The zero-order valence-corrected chi connectivity index (χ0v) is 21.7. The molecule has 1 aliphatic rings. The lowest BCUT2D eigenvalue weighted by Crippen LogP contribution is -2.39. The van der Waals surface area contributed by atoms with E-state index in [1.807, 2.05) is 32.0 Å². The Bertz CT molecular complexity index is 1380. The zero-order chi connectivity index (χ0) is 25.4. The molecule has 0 unspecified atom stereocenters. The molecular formula is C27H32N2O5S. The molecule has 1 aliphatic carbocycles. The van der Waals surface area contributed by atoms with Crippen LogP contribution in [0, 0.1) is 6.92 Å². The normalized spacial score (nSPS) is 15.1. The topological polar surface area (TPSA) is 94.6 Å². The van der Waals surface area contributed by atoms with E-state index in [4.69, 9.17) is 9.47 Å². The average molecular weight is 497 g/mol. The van der Waals surface area contributed by atoms with Crippen molar-refractivity contribution in [1.29, 1.82) is 0 Å². The number of fused-ring (bicyclic) bond motifs is 1. The van der Waals surface area contributed by atoms with Crippen molar-refractivity contribution in [3.63, 3.8) is 0 Å². The lowest BCUT2D eigenvalue weighted by molar-refractivity contribution is -0.121. The molecule has 1 N–H and O–H groups in total. The SMILES string of the molecule is CCOCC(C)(C)c1ccc(OC)c(C2(C(=O)NS(=O)(=O)c3cccc4nc(C)ccc34)CC2)c1. The Morgan fingerprint density at radius 3 is 2.54 bits per heavy atom. The number of aryl methyl sites for hydroxylation is 1. The van der Waals surface area contributed by atoms with E-state index < -0.39 is 21.3 Å². The highest BCUT2D eigenvalue weighted by atomic mass is 32.2. The highest BCUT2D eigenvalue weighted by molar-refractivity contribution is 7.90. The Labute approximate surface area is 206 Å². The van der Waals surface area contributed by atoms with Gasteiger partial charge in [0.2, 0.25) is 5.91 Å². The molecule has 3 aromatic rings. The summed E-state index contributed by atoms with van der Waals surface area (Å²) in [5, 5.41) is 0.473. The maximum Gasteiger partial charge on any atom is 0.264 e. The van der Waals surface area contributed by atoms with Gasteiger partial charge in [0.25, 0.3) is 10.0 Å². The van der Waals surface area contributed by atoms with Gasteiger partial charge >= 0.3 is 0 Å². The Hall–Kier alpha value is -2.97. The standard InChI is InChI=1S/C27H32N2O5S/c1-6-34-17-26(3,4)19-11-13-23(33-5)21(16-19)27(14-15-27)25(30)29-35(31,32)24-9-7-8-22-20(24)12-10-18(2)28-22/h7-13,16H,6,14-15,17H2,1-5H3,(H,29,30).